The first-order valence-electron chi connectivity index (χ1n) is 5.83. The largest absolute Gasteiger partial charge is 0.363 e. The van der Waals surface area contributed by atoms with E-state index in [1.54, 1.807) is 0 Å². The molecule has 0 aromatic heterocycles. The fraction of sp³-hybridized carbons (Fsp3) is 0.538. The third-order valence-corrected chi connectivity index (χ3v) is 3.54. The first kappa shape index (κ1) is 10.3. The Morgan fingerprint density at radius 1 is 1.12 bits per heavy atom. The van der Waals surface area contributed by atoms with Gasteiger partial charge in [0.1, 0.15) is 5.60 Å². The Hall–Kier alpha value is -0.900. The highest BCUT2D eigenvalue weighted by Crippen LogP contribution is 2.46. The molecule has 16 heavy (non-hydrogen) atoms. The van der Waals surface area contributed by atoms with Gasteiger partial charge in [-0.3, -0.25) is 0 Å². The van der Waals surface area contributed by atoms with Crippen molar-refractivity contribution in [1.29, 1.82) is 0 Å². The van der Waals surface area contributed by atoms with Gasteiger partial charge in [0.2, 0.25) is 5.79 Å². The quantitative estimate of drug-likeness (QED) is 0.776. The molecular weight excluding hydrogens is 204 g/mol. The first-order chi connectivity index (χ1) is 7.70. The highest BCUT2D eigenvalue weighted by molar-refractivity contribution is 5.18. The maximum atomic E-state index is 10.0. The average Bonchev–Trinajstić information content (AvgIpc) is 2.50. The Balaban J connectivity index is 1.80. The maximum Gasteiger partial charge on any atom is 0.202 e. The van der Waals surface area contributed by atoms with E-state index in [9.17, 15) is 5.11 Å². The molecule has 1 heterocycles. The van der Waals surface area contributed by atoms with Gasteiger partial charge in [0, 0.05) is 19.3 Å². The predicted molar refractivity (Wildman–Crippen MR) is 58.5 cm³/mol. The van der Waals surface area contributed by atoms with Crippen molar-refractivity contribution in [2.45, 2.75) is 43.5 Å². The fourth-order valence-electron chi connectivity index (χ4n) is 2.82. The Morgan fingerprint density at radius 3 is 2.75 bits per heavy atom. The molecule has 1 aromatic rings. The smallest absolute Gasteiger partial charge is 0.202 e. The van der Waals surface area contributed by atoms with Crippen LogP contribution in [0.5, 0.6) is 0 Å². The van der Waals surface area contributed by atoms with E-state index in [1.807, 2.05) is 18.2 Å². The van der Waals surface area contributed by atoms with Crippen LogP contribution in [0, 0.1) is 0 Å². The first-order valence-corrected chi connectivity index (χ1v) is 5.83. The van der Waals surface area contributed by atoms with E-state index in [0.717, 1.165) is 19.3 Å². The highest BCUT2D eigenvalue weighted by atomic mass is 17.2. The molecule has 1 N–H and O–H groups in total. The Kier molecular flexibility index (Phi) is 2.28. The third-order valence-electron chi connectivity index (χ3n) is 3.54. The standard InChI is InChI=1S/C13H16O3/c14-13-8-4-7-12(10-13,15-16-13)9-11-5-2-1-3-6-11/h1-3,5-6,14H,4,7-10H2. The highest BCUT2D eigenvalue weighted by Gasteiger charge is 2.53. The van der Waals surface area contributed by atoms with E-state index < -0.39 is 5.79 Å². The normalized spacial score (nSPS) is 37.6. The van der Waals surface area contributed by atoms with Gasteiger partial charge in [0.05, 0.1) is 0 Å². The van der Waals surface area contributed by atoms with Crippen molar-refractivity contribution in [2.75, 3.05) is 0 Å². The van der Waals surface area contributed by atoms with Crippen LogP contribution in [0.4, 0.5) is 0 Å². The van der Waals surface area contributed by atoms with Crippen molar-refractivity contribution in [3.05, 3.63) is 35.9 Å². The van der Waals surface area contributed by atoms with Gasteiger partial charge < -0.3 is 5.11 Å². The number of benzene rings is 1. The van der Waals surface area contributed by atoms with E-state index in [1.165, 1.54) is 5.56 Å². The molecule has 0 radical (unpaired) electrons. The molecule has 86 valence electrons. The van der Waals surface area contributed by atoms with Crippen molar-refractivity contribution in [3.8, 4) is 0 Å². The monoisotopic (exact) mass is 220 g/mol. The number of hydrogen-bond donors (Lipinski definition) is 1. The Morgan fingerprint density at radius 2 is 1.94 bits per heavy atom. The van der Waals surface area contributed by atoms with Gasteiger partial charge in [-0.05, 0) is 18.4 Å². The molecule has 1 saturated carbocycles. The van der Waals surface area contributed by atoms with Crippen LogP contribution >= 0.6 is 0 Å². The Labute approximate surface area is 94.9 Å². The molecule has 2 bridgehead atoms. The lowest BCUT2D eigenvalue weighted by atomic mass is 9.78. The van der Waals surface area contributed by atoms with Crippen molar-refractivity contribution in [3.63, 3.8) is 0 Å². The zero-order chi connectivity index (χ0) is 11.1. The van der Waals surface area contributed by atoms with Gasteiger partial charge in [-0.15, -0.1) is 0 Å². The second-order valence-corrected chi connectivity index (χ2v) is 4.99. The molecular formula is C13H16O3. The van der Waals surface area contributed by atoms with Gasteiger partial charge in [0.25, 0.3) is 0 Å². The summed E-state index contributed by atoms with van der Waals surface area (Å²) in [4.78, 5) is 10.5. The van der Waals surface area contributed by atoms with Gasteiger partial charge in [-0.1, -0.05) is 30.3 Å². The van der Waals surface area contributed by atoms with Crippen molar-refractivity contribution < 1.29 is 14.9 Å². The van der Waals surface area contributed by atoms with Gasteiger partial charge in [-0.2, -0.15) is 0 Å². The second kappa shape index (κ2) is 3.55. The number of aliphatic hydroxyl groups is 1. The van der Waals surface area contributed by atoms with E-state index in [-0.39, 0.29) is 5.60 Å². The lowest BCUT2D eigenvalue weighted by Gasteiger charge is -2.30. The van der Waals surface area contributed by atoms with Crippen molar-refractivity contribution in [1.82, 2.24) is 0 Å². The van der Waals surface area contributed by atoms with E-state index in [2.05, 4.69) is 12.1 Å². The van der Waals surface area contributed by atoms with E-state index in [0.29, 0.717) is 12.8 Å². The van der Waals surface area contributed by atoms with Gasteiger partial charge >= 0.3 is 0 Å². The predicted octanol–water partition coefficient (Wildman–Crippen LogP) is 2.19. The molecule has 1 saturated heterocycles. The summed E-state index contributed by atoms with van der Waals surface area (Å²) in [6, 6.07) is 10.2. The SMILES string of the molecule is OC12CCCC(Cc3ccccc3)(C1)OO2. The average molecular weight is 220 g/mol. The topological polar surface area (TPSA) is 38.7 Å². The minimum Gasteiger partial charge on any atom is -0.363 e. The van der Waals surface area contributed by atoms with E-state index in [4.69, 9.17) is 9.78 Å². The number of hydrogen-bond acceptors (Lipinski definition) is 3. The number of fused-ring (bicyclic) bond motifs is 2. The summed E-state index contributed by atoms with van der Waals surface area (Å²) < 4.78 is 0. The van der Waals surface area contributed by atoms with Crippen LogP contribution in [0.15, 0.2) is 30.3 Å². The molecule has 1 aromatic carbocycles. The molecule has 0 spiro atoms. The van der Waals surface area contributed by atoms with Crippen LogP contribution in [0.2, 0.25) is 0 Å². The van der Waals surface area contributed by atoms with Gasteiger partial charge in [-0.25, -0.2) is 9.78 Å². The van der Waals surface area contributed by atoms with Crippen LogP contribution in [-0.4, -0.2) is 16.5 Å². The summed E-state index contributed by atoms with van der Waals surface area (Å²) in [6.07, 6.45) is 4.02. The van der Waals surface area contributed by atoms with Crippen LogP contribution in [0.25, 0.3) is 0 Å². The molecule has 2 aliphatic rings. The summed E-state index contributed by atoms with van der Waals surface area (Å²) in [5.41, 5.74) is 0.922. The summed E-state index contributed by atoms with van der Waals surface area (Å²) in [7, 11) is 0. The third kappa shape index (κ3) is 1.75. The van der Waals surface area contributed by atoms with Crippen LogP contribution in [0.1, 0.15) is 31.2 Å². The maximum absolute atomic E-state index is 10.0. The summed E-state index contributed by atoms with van der Waals surface area (Å²) in [5, 5.41) is 10.0. The van der Waals surface area contributed by atoms with Crippen LogP contribution < -0.4 is 0 Å². The second-order valence-electron chi connectivity index (χ2n) is 4.99. The fourth-order valence-corrected chi connectivity index (χ4v) is 2.82. The summed E-state index contributed by atoms with van der Waals surface area (Å²) >= 11 is 0. The van der Waals surface area contributed by atoms with Crippen molar-refractivity contribution in [2.24, 2.45) is 0 Å². The van der Waals surface area contributed by atoms with Crippen molar-refractivity contribution >= 4 is 0 Å². The van der Waals surface area contributed by atoms with Crippen LogP contribution in [-0.2, 0) is 16.2 Å². The molecule has 3 heteroatoms. The minimum atomic E-state index is -1.03. The molecule has 1 aliphatic heterocycles. The minimum absolute atomic E-state index is 0.311. The molecule has 2 unspecified atom stereocenters. The number of rotatable bonds is 2. The summed E-state index contributed by atoms with van der Waals surface area (Å²) in [6.45, 7) is 0. The zero-order valence-electron chi connectivity index (χ0n) is 9.19. The molecule has 0 amide bonds. The lowest BCUT2D eigenvalue weighted by molar-refractivity contribution is -0.387. The molecule has 3 nitrogen and oxygen atoms in total. The zero-order valence-corrected chi connectivity index (χ0v) is 9.19. The molecule has 1 aliphatic carbocycles. The van der Waals surface area contributed by atoms with Crippen LogP contribution in [0.3, 0.4) is 0 Å². The summed E-state index contributed by atoms with van der Waals surface area (Å²) in [5.74, 6) is -1.03. The molecule has 2 atom stereocenters. The Bertz CT molecular complexity index is 378. The molecule has 3 rings (SSSR count). The molecule has 2 fully saturated rings. The van der Waals surface area contributed by atoms with Gasteiger partial charge in [0.15, 0.2) is 0 Å². The van der Waals surface area contributed by atoms with E-state index >= 15 is 0 Å². The lowest BCUT2D eigenvalue weighted by Crippen LogP contribution is -2.39.